The van der Waals surface area contributed by atoms with Gasteiger partial charge in [-0.05, 0) is 25.3 Å². The number of hydrogen-bond acceptors (Lipinski definition) is 4. The molecule has 19 heavy (non-hydrogen) atoms. The largest absolute Gasteiger partial charge is 0.323 e. The first-order valence-corrected chi connectivity index (χ1v) is 7.27. The van der Waals surface area contributed by atoms with E-state index in [9.17, 15) is 4.79 Å². The highest BCUT2D eigenvalue weighted by molar-refractivity contribution is 7.99. The highest BCUT2D eigenvalue weighted by atomic mass is 35.5. The van der Waals surface area contributed by atoms with Crippen LogP contribution in [0.5, 0.6) is 0 Å². The number of halogens is 1. The summed E-state index contributed by atoms with van der Waals surface area (Å²) in [5.41, 5.74) is 1.23. The van der Waals surface area contributed by atoms with Crippen LogP contribution in [0.25, 0.3) is 5.69 Å². The maximum Gasteiger partial charge on any atom is 0.237 e. The van der Waals surface area contributed by atoms with Crippen LogP contribution in [0.4, 0.5) is 5.69 Å². The zero-order valence-electron chi connectivity index (χ0n) is 10.5. The summed E-state index contributed by atoms with van der Waals surface area (Å²) in [5, 5.41) is 7.27. The van der Waals surface area contributed by atoms with E-state index in [1.54, 1.807) is 18.2 Å². The Bertz CT molecular complexity index is 573. The van der Waals surface area contributed by atoms with Crippen LogP contribution in [0.1, 0.15) is 6.92 Å². The molecule has 0 saturated heterocycles. The Kier molecular flexibility index (Phi) is 4.44. The molecule has 0 fully saturated rings. The molecule has 0 radical (unpaired) electrons. The van der Waals surface area contributed by atoms with Crippen molar-refractivity contribution in [2.24, 2.45) is 0 Å². The van der Waals surface area contributed by atoms with Gasteiger partial charge in [-0.2, -0.15) is 16.9 Å². The molecule has 7 heteroatoms. The van der Waals surface area contributed by atoms with Crippen molar-refractivity contribution in [1.29, 1.82) is 0 Å². The number of para-hydroxylation sites is 1. The summed E-state index contributed by atoms with van der Waals surface area (Å²) < 4.78 is 1.53. The second-order valence-electron chi connectivity index (χ2n) is 3.84. The molecule has 0 aliphatic heterocycles. The molecular formula is C12H13ClN4OS. The van der Waals surface area contributed by atoms with E-state index in [1.165, 1.54) is 29.1 Å². The van der Waals surface area contributed by atoms with Gasteiger partial charge in [-0.25, -0.2) is 9.67 Å². The Morgan fingerprint density at radius 2 is 2.32 bits per heavy atom. The quantitative estimate of drug-likeness (QED) is 0.942. The average Bonchev–Trinajstić information content (AvgIpc) is 2.91. The SMILES string of the molecule is CS[C@H](C)C(=O)Nc1cccc(Cl)c1-n1cncn1. The molecule has 5 nitrogen and oxygen atoms in total. The Morgan fingerprint density at radius 1 is 1.53 bits per heavy atom. The molecule has 2 rings (SSSR count). The van der Waals surface area contributed by atoms with Gasteiger partial charge in [0.05, 0.1) is 16.0 Å². The van der Waals surface area contributed by atoms with Gasteiger partial charge in [0.15, 0.2) is 0 Å². The van der Waals surface area contributed by atoms with Crippen molar-refractivity contribution >= 4 is 35.0 Å². The number of amides is 1. The summed E-state index contributed by atoms with van der Waals surface area (Å²) in [6, 6.07) is 5.31. The van der Waals surface area contributed by atoms with Gasteiger partial charge >= 0.3 is 0 Å². The van der Waals surface area contributed by atoms with Crippen molar-refractivity contribution in [1.82, 2.24) is 14.8 Å². The van der Waals surface area contributed by atoms with E-state index in [0.717, 1.165) is 0 Å². The molecule has 0 bridgehead atoms. The number of rotatable bonds is 4. The maximum absolute atomic E-state index is 12.0. The van der Waals surface area contributed by atoms with Gasteiger partial charge in [0.25, 0.3) is 0 Å². The van der Waals surface area contributed by atoms with E-state index in [0.29, 0.717) is 16.4 Å². The third kappa shape index (κ3) is 3.08. The van der Waals surface area contributed by atoms with Gasteiger partial charge in [0.1, 0.15) is 18.3 Å². The first-order chi connectivity index (χ1) is 9.13. The molecule has 0 aliphatic carbocycles. The van der Waals surface area contributed by atoms with Crippen molar-refractivity contribution < 1.29 is 4.79 Å². The molecule has 2 aromatic rings. The average molecular weight is 297 g/mol. The topological polar surface area (TPSA) is 59.8 Å². The minimum Gasteiger partial charge on any atom is -0.323 e. The van der Waals surface area contributed by atoms with Gasteiger partial charge in [0.2, 0.25) is 5.91 Å². The molecule has 1 aromatic carbocycles. The van der Waals surface area contributed by atoms with Crippen molar-refractivity contribution in [2.45, 2.75) is 12.2 Å². The highest BCUT2D eigenvalue weighted by Gasteiger charge is 2.16. The van der Waals surface area contributed by atoms with Crippen molar-refractivity contribution in [3.05, 3.63) is 35.9 Å². The summed E-state index contributed by atoms with van der Waals surface area (Å²) in [6.45, 7) is 1.85. The van der Waals surface area contributed by atoms with Crippen LogP contribution in [0.15, 0.2) is 30.9 Å². The van der Waals surface area contributed by atoms with Crippen LogP contribution in [-0.4, -0.2) is 32.2 Å². The number of aromatic nitrogens is 3. The normalized spacial score (nSPS) is 12.2. The Labute approximate surface area is 120 Å². The number of nitrogens with zero attached hydrogens (tertiary/aromatic N) is 3. The van der Waals surface area contributed by atoms with Crippen molar-refractivity contribution in [2.75, 3.05) is 11.6 Å². The Morgan fingerprint density at radius 3 is 2.95 bits per heavy atom. The van der Waals surface area contributed by atoms with Gasteiger partial charge < -0.3 is 5.32 Å². The summed E-state index contributed by atoms with van der Waals surface area (Å²) in [5.74, 6) is -0.0730. The van der Waals surface area contributed by atoms with Crippen molar-refractivity contribution in [3.63, 3.8) is 0 Å². The predicted molar refractivity (Wildman–Crippen MR) is 78.0 cm³/mol. The lowest BCUT2D eigenvalue weighted by Gasteiger charge is -2.14. The predicted octanol–water partition coefficient (Wildman–Crippen LogP) is 2.61. The van der Waals surface area contributed by atoms with Gasteiger partial charge in [-0.15, -0.1) is 0 Å². The summed E-state index contributed by atoms with van der Waals surface area (Å²) >= 11 is 7.65. The lowest BCUT2D eigenvalue weighted by atomic mass is 10.2. The molecule has 100 valence electrons. The smallest absolute Gasteiger partial charge is 0.237 e. The van der Waals surface area contributed by atoms with Gasteiger partial charge in [-0.3, -0.25) is 4.79 Å². The number of carbonyl (C=O) groups excluding carboxylic acids is 1. The fourth-order valence-corrected chi connectivity index (χ4v) is 2.05. The first kappa shape index (κ1) is 13.9. The third-order valence-corrected chi connectivity index (χ3v) is 3.84. The zero-order chi connectivity index (χ0) is 13.8. The molecule has 0 aliphatic rings. The van der Waals surface area contributed by atoms with Crippen LogP contribution >= 0.6 is 23.4 Å². The fraction of sp³-hybridized carbons (Fsp3) is 0.250. The molecule has 1 atom stereocenters. The summed E-state index contributed by atoms with van der Waals surface area (Å²) in [4.78, 5) is 15.8. The Hall–Kier alpha value is -1.53. The standard InChI is InChI=1S/C12H13ClN4OS/c1-8(19-2)12(18)16-10-5-3-4-9(13)11(10)17-7-14-6-15-17/h3-8H,1-2H3,(H,16,18)/t8-/m1/s1. The van der Waals surface area contributed by atoms with E-state index >= 15 is 0 Å². The van der Waals surface area contributed by atoms with E-state index < -0.39 is 0 Å². The molecular weight excluding hydrogens is 284 g/mol. The number of carbonyl (C=O) groups is 1. The highest BCUT2D eigenvalue weighted by Crippen LogP contribution is 2.28. The molecule has 0 spiro atoms. The van der Waals surface area contributed by atoms with Gasteiger partial charge in [-0.1, -0.05) is 17.7 Å². The minimum atomic E-state index is -0.137. The van der Waals surface area contributed by atoms with Crippen LogP contribution in [0, 0.1) is 0 Å². The Balaban J connectivity index is 2.36. The molecule has 1 aromatic heterocycles. The lowest BCUT2D eigenvalue weighted by Crippen LogP contribution is -2.23. The molecule has 1 N–H and O–H groups in total. The maximum atomic E-state index is 12.0. The second kappa shape index (κ2) is 6.08. The summed E-state index contributed by atoms with van der Waals surface area (Å²) in [6.07, 6.45) is 4.84. The second-order valence-corrected chi connectivity index (χ2v) is 5.43. The number of hydrogen-bond donors (Lipinski definition) is 1. The van der Waals surface area contributed by atoms with E-state index in [4.69, 9.17) is 11.6 Å². The first-order valence-electron chi connectivity index (χ1n) is 5.60. The van der Waals surface area contributed by atoms with Gasteiger partial charge in [0, 0.05) is 0 Å². The fourth-order valence-electron chi connectivity index (χ4n) is 1.51. The minimum absolute atomic E-state index is 0.0730. The van der Waals surface area contributed by atoms with E-state index in [1.807, 2.05) is 13.2 Å². The van der Waals surface area contributed by atoms with E-state index in [-0.39, 0.29) is 11.2 Å². The third-order valence-electron chi connectivity index (χ3n) is 2.62. The number of thioether (sulfide) groups is 1. The van der Waals surface area contributed by atoms with E-state index in [2.05, 4.69) is 15.4 Å². The van der Waals surface area contributed by atoms with Crippen LogP contribution < -0.4 is 5.32 Å². The lowest BCUT2D eigenvalue weighted by molar-refractivity contribution is -0.115. The number of benzene rings is 1. The van der Waals surface area contributed by atoms with Crippen molar-refractivity contribution in [3.8, 4) is 5.69 Å². The van der Waals surface area contributed by atoms with Crippen LogP contribution in [-0.2, 0) is 4.79 Å². The summed E-state index contributed by atoms with van der Waals surface area (Å²) in [7, 11) is 0. The number of nitrogens with one attached hydrogen (secondary N) is 1. The van der Waals surface area contributed by atoms with Crippen LogP contribution in [0.3, 0.4) is 0 Å². The number of anilines is 1. The molecule has 1 heterocycles. The van der Waals surface area contributed by atoms with Crippen LogP contribution in [0.2, 0.25) is 5.02 Å². The zero-order valence-corrected chi connectivity index (χ0v) is 12.1. The molecule has 0 saturated carbocycles. The molecule has 0 unspecified atom stereocenters. The molecule has 1 amide bonds. The monoisotopic (exact) mass is 296 g/mol.